The number of hydrogen-bond acceptors (Lipinski definition) is 3. The van der Waals surface area contributed by atoms with E-state index in [0.29, 0.717) is 26.0 Å². The number of hydrogen-bond donors (Lipinski definition) is 0. The van der Waals surface area contributed by atoms with E-state index in [9.17, 15) is 9.59 Å². The molecule has 1 rings (SSSR count). The second-order valence-corrected chi connectivity index (χ2v) is 3.23. The van der Waals surface area contributed by atoms with Crippen LogP contribution in [0.1, 0.15) is 19.8 Å². The summed E-state index contributed by atoms with van der Waals surface area (Å²) in [5.41, 5.74) is 0. The summed E-state index contributed by atoms with van der Waals surface area (Å²) in [4.78, 5) is 24.0. The van der Waals surface area contributed by atoms with E-state index in [2.05, 4.69) is 6.58 Å². The van der Waals surface area contributed by atoms with Crippen LogP contribution in [-0.2, 0) is 9.53 Å². The molecule has 1 saturated heterocycles. The highest BCUT2D eigenvalue weighted by molar-refractivity contribution is 5.94. The molecule has 1 aliphatic rings. The van der Waals surface area contributed by atoms with Gasteiger partial charge in [0.25, 0.3) is 0 Å². The summed E-state index contributed by atoms with van der Waals surface area (Å²) >= 11 is 0. The van der Waals surface area contributed by atoms with Crippen LogP contribution in [0.2, 0.25) is 0 Å². The Labute approximate surface area is 83.5 Å². The first-order valence-corrected chi connectivity index (χ1v) is 4.79. The zero-order valence-electron chi connectivity index (χ0n) is 8.36. The van der Waals surface area contributed by atoms with Crippen molar-refractivity contribution in [2.75, 3.05) is 13.2 Å². The summed E-state index contributed by atoms with van der Waals surface area (Å²) in [6.07, 6.45) is 2.51. The number of carbonyl (C=O) groups is 2. The SMILES string of the molecule is C=CCC(CC)C(=O)N1CCOC1=O. The number of amides is 2. The van der Waals surface area contributed by atoms with Crippen LogP contribution in [0.4, 0.5) is 4.79 Å². The first kappa shape index (κ1) is 10.8. The van der Waals surface area contributed by atoms with Crippen LogP contribution in [0.25, 0.3) is 0 Å². The molecule has 4 heteroatoms. The minimum atomic E-state index is -0.516. The maximum Gasteiger partial charge on any atom is 0.416 e. The molecule has 2 amide bonds. The van der Waals surface area contributed by atoms with Gasteiger partial charge in [0.05, 0.1) is 6.54 Å². The lowest BCUT2D eigenvalue weighted by Crippen LogP contribution is -2.36. The normalized spacial score (nSPS) is 17.8. The number of allylic oxidation sites excluding steroid dienone is 1. The number of imide groups is 1. The van der Waals surface area contributed by atoms with Gasteiger partial charge >= 0.3 is 6.09 Å². The molecule has 1 unspecified atom stereocenters. The van der Waals surface area contributed by atoms with Crippen molar-refractivity contribution in [1.82, 2.24) is 4.90 Å². The van der Waals surface area contributed by atoms with E-state index in [1.54, 1.807) is 6.08 Å². The molecule has 0 saturated carbocycles. The van der Waals surface area contributed by atoms with Gasteiger partial charge in [0.15, 0.2) is 0 Å². The van der Waals surface area contributed by atoms with E-state index in [0.717, 1.165) is 0 Å². The Kier molecular flexibility index (Phi) is 3.68. The van der Waals surface area contributed by atoms with Gasteiger partial charge in [-0.1, -0.05) is 13.0 Å². The smallest absolute Gasteiger partial charge is 0.416 e. The highest BCUT2D eigenvalue weighted by Crippen LogP contribution is 2.15. The first-order valence-electron chi connectivity index (χ1n) is 4.79. The summed E-state index contributed by atoms with van der Waals surface area (Å²) < 4.78 is 4.70. The molecular weight excluding hydrogens is 182 g/mol. The second kappa shape index (κ2) is 4.79. The van der Waals surface area contributed by atoms with Crippen LogP contribution >= 0.6 is 0 Å². The zero-order chi connectivity index (χ0) is 10.6. The van der Waals surface area contributed by atoms with Crippen molar-refractivity contribution < 1.29 is 14.3 Å². The Balaban J connectivity index is 2.61. The van der Waals surface area contributed by atoms with Crippen molar-refractivity contribution in [3.8, 4) is 0 Å². The lowest BCUT2D eigenvalue weighted by atomic mass is 10.0. The van der Waals surface area contributed by atoms with Crippen molar-refractivity contribution in [1.29, 1.82) is 0 Å². The van der Waals surface area contributed by atoms with Crippen molar-refractivity contribution in [2.24, 2.45) is 5.92 Å². The first-order chi connectivity index (χ1) is 6.70. The molecule has 0 N–H and O–H groups in total. The summed E-state index contributed by atoms with van der Waals surface area (Å²) in [5, 5.41) is 0. The van der Waals surface area contributed by atoms with Crippen molar-refractivity contribution in [3.05, 3.63) is 12.7 Å². The molecule has 1 aliphatic heterocycles. The third-order valence-corrected chi connectivity index (χ3v) is 2.32. The maximum atomic E-state index is 11.8. The van der Waals surface area contributed by atoms with Gasteiger partial charge in [-0.25, -0.2) is 9.69 Å². The monoisotopic (exact) mass is 197 g/mol. The molecule has 1 fully saturated rings. The van der Waals surface area contributed by atoms with Crippen LogP contribution in [0.3, 0.4) is 0 Å². The van der Waals surface area contributed by atoms with Gasteiger partial charge in [-0.3, -0.25) is 4.79 Å². The van der Waals surface area contributed by atoms with Crippen LogP contribution in [0.5, 0.6) is 0 Å². The molecule has 0 aromatic heterocycles. The summed E-state index contributed by atoms with van der Waals surface area (Å²) in [7, 11) is 0. The molecule has 0 spiro atoms. The molecular formula is C10H15NO3. The number of carbonyl (C=O) groups excluding carboxylic acids is 2. The molecule has 0 bridgehead atoms. The number of cyclic esters (lactones) is 1. The molecule has 1 atom stereocenters. The van der Waals surface area contributed by atoms with E-state index in [1.165, 1.54) is 4.90 Å². The van der Waals surface area contributed by atoms with Gasteiger partial charge in [0, 0.05) is 5.92 Å². The van der Waals surface area contributed by atoms with Gasteiger partial charge in [-0.2, -0.15) is 0 Å². The van der Waals surface area contributed by atoms with E-state index in [-0.39, 0.29) is 11.8 Å². The topological polar surface area (TPSA) is 46.6 Å². The van der Waals surface area contributed by atoms with Crippen LogP contribution < -0.4 is 0 Å². The fourth-order valence-corrected chi connectivity index (χ4v) is 1.46. The van der Waals surface area contributed by atoms with E-state index in [4.69, 9.17) is 4.74 Å². The van der Waals surface area contributed by atoms with E-state index < -0.39 is 6.09 Å². The molecule has 0 aromatic carbocycles. The predicted molar refractivity (Wildman–Crippen MR) is 51.7 cm³/mol. The number of nitrogens with zero attached hydrogens (tertiary/aromatic N) is 1. The Morgan fingerprint density at radius 3 is 2.93 bits per heavy atom. The van der Waals surface area contributed by atoms with Gasteiger partial charge < -0.3 is 4.74 Å². The molecule has 4 nitrogen and oxygen atoms in total. The Morgan fingerprint density at radius 1 is 1.79 bits per heavy atom. The third kappa shape index (κ3) is 2.13. The highest BCUT2D eigenvalue weighted by atomic mass is 16.6. The summed E-state index contributed by atoms with van der Waals surface area (Å²) in [6.45, 7) is 6.21. The Bertz CT molecular complexity index is 250. The fourth-order valence-electron chi connectivity index (χ4n) is 1.46. The predicted octanol–water partition coefficient (Wildman–Crippen LogP) is 1.57. The van der Waals surface area contributed by atoms with Crippen molar-refractivity contribution in [2.45, 2.75) is 19.8 Å². The average Bonchev–Trinajstić information content (AvgIpc) is 2.59. The lowest BCUT2D eigenvalue weighted by Gasteiger charge is -2.17. The number of ether oxygens (including phenoxy) is 1. The van der Waals surface area contributed by atoms with Gasteiger partial charge in [-0.05, 0) is 12.8 Å². The summed E-state index contributed by atoms with van der Waals surface area (Å²) in [5.74, 6) is -0.284. The highest BCUT2D eigenvalue weighted by Gasteiger charge is 2.31. The van der Waals surface area contributed by atoms with Crippen LogP contribution in [0.15, 0.2) is 12.7 Å². The minimum absolute atomic E-state index is 0.141. The maximum absolute atomic E-state index is 11.8. The zero-order valence-corrected chi connectivity index (χ0v) is 8.36. The summed E-state index contributed by atoms with van der Waals surface area (Å²) in [6, 6.07) is 0. The quantitative estimate of drug-likeness (QED) is 0.642. The molecule has 1 heterocycles. The van der Waals surface area contributed by atoms with Gasteiger partial charge in [-0.15, -0.1) is 6.58 Å². The third-order valence-electron chi connectivity index (χ3n) is 2.32. The van der Waals surface area contributed by atoms with E-state index >= 15 is 0 Å². The number of rotatable bonds is 4. The standard InChI is InChI=1S/C10H15NO3/c1-3-5-8(4-2)9(12)11-6-7-14-10(11)13/h3,8H,1,4-7H2,2H3. The lowest BCUT2D eigenvalue weighted by molar-refractivity contribution is -0.131. The van der Waals surface area contributed by atoms with Gasteiger partial charge in [0.1, 0.15) is 6.61 Å². The largest absolute Gasteiger partial charge is 0.447 e. The van der Waals surface area contributed by atoms with Crippen molar-refractivity contribution in [3.63, 3.8) is 0 Å². The Hall–Kier alpha value is -1.32. The van der Waals surface area contributed by atoms with Crippen LogP contribution in [-0.4, -0.2) is 30.1 Å². The molecule has 0 radical (unpaired) electrons. The second-order valence-electron chi connectivity index (χ2n) is 3.23. The fraction of sp³-hybridized carbons (Fsp3) is 0.600. The minimum Gasteiger partial charge on any atom is -0.447 e. The molecule has 0 aliphatic carbocycles. The average molecular weight is 197 g/mol. The molecule has 78 valence electrons. The van der Waals surface area contributed by atoms with Gasteiger partial charge in [0.2, 0.25) is 5.91 Å². The van der Waals surface area contributed by atoms with Crippen molar-refractivity contribution >= 4 is 12.0 Å². The Morgan fingerprint density at radius 2 is 2.50 bits per heavy atom. The molecule has 0 aromatic rings. The molecule has 14 heavy (non-hydrogen) atoms. The van der Waals surface area contributed by atoms with E-state index in [1.807, 2.05) is 6.92 Å². The van der Waals surface area contributed by atoms with Crippen LogP contribution in [0, 0.1) is 5.92 Å².